The second-order valence-corrected chi connectivity index (χ2v) is 7.56. The Bertz CT molecular complexity index is 769. The molecule has 2 aromatic carbocycles. The van der Waals surface area contributed by atoms with E-state index in [9.17, 15) is 9.59 Å². The largest absolute Gasteiger partial charge is 0.352 e. The fraction of sp³-hybridized carbons (Fsp3) is 0.364. The molecular formula is C22H25ClN2O2. The summed E-state index contributed by atoms with van der Waals surface area (Å²) in [6.45, 7) is 0.506. The van der Waals surface area contributed by atoms with Gasteiger partial charge in [0.2, 0.25) is 11.8 Å². The Morgan fingerprint density at radius 1 is 0.963 bits per heavy atom. The number of halogens is 1. The molecule has 0 saturated heterocycles. The minimum absolute atomic E-state index is 0.00415. The number of rotatable bonds is 5. The molecule has 1 aliphatic carbocycles. The Morgan fingerprint density at radius 2 is 1.56 bits per heavy atom. The van der Waals surface area contributed by atoms with Gasteiger partial charge >= 0.3 is 0 Å². The molecule has 1 aliphatic rings. The van der Waals surface area contributed by atoms with Crippen LogP contribution in [0, 0.1) is 11.8 Å². The summed E-state index contributed by atoms with van der Waals surface area (Å²) < 4.78 is 0. The molecule has 142 valence electrons. The number of para-hydroxylation sites is 1. The molecule has 2 aromatic rings. The van der Waals surface area contributed by atoms with Crippen LogP contribution in [0.4, 0.5) is 5.69 Å². The maximum absolute atomic E-state index is 12.7. The Morgan fingerprint density at radius 3 is 2.19 bits per heavy atom. The minimum Gasteiger partial charge on any atom is -0.352 e. The van der Waals surface area contributed by atoms with Gasteiger partial charge in [0.25, 0.3) is 0 Å². The van der Waals surface area contributed by atoms with Gasteiger partial charge in [-0.2, -0.15) is 0 Å². The molecule has 1 fully saturated rings. The fourth-order valence-corrected chi connectivity index (χ4v) is 3.72. The van der Waals surface area contributed by atoms with Gasteiger partial charge in [0, 0.05) is 36.1 Å². The molecule has 3 rings (SSSR count). The molecule has 0 spiro atoms. The van der Waals surface area contributed by atoms with Gasteiger partial charge in [-0.25, -0.2) is 0 Å². The van der Waals surface area contributed by atoms with Crippen LogP contribution in [0.15, 0.2) is 54.6 Å². The lowest BCUT2D eigenvalue weighted by molar-refractivity contribution is -0.129. The van der Waals surface area contributed by atoms with Gasteiger partial charge in [0.15, 0.2) is 0 Å². The number of nitrogens with one attached hydrogen (secondary N) is 1. The molecule has 4 nitrogen and oxygen atoms in total. The molecule has 1 saturated carbocycles. The third kappa shape index (κ3) is 5.10. The second kappa shape index (κ2) is 9.05. The van der Waals surface area contributed by atoms with Gasteiger partial charge in [-0.05, 0) is 55.5 Å². The summed E-state index contributed by atoms with van der Waals surface area (Å²) in [4.78, 5) is 26.9. The van der Waals surface area contributed by atoms with E-state index in [0.29, 0.717) is 11.6 Å². The van der Waals surface area contributed by atoms with Crippen LogP contribution < -0.4 is 10.2 Å². The third-order valence-corrected chi connectivity index (χ3v) is 5.55. The first-order chi connectivity index (χ1) is 13.0. The van der Waals surface area contributed by atoms with Crippen LogP contribution >= 0.6 is 11.6 Å². The molecule has 2 amide bonds. The molecule has 0 unspecified atom stereocenters. The van der Waals surface area contributed by atoms with Gasteiger partial charge in [-0.15, -0.1) is 0 Å². The smallest absolute Gasteiger partial charge is 0.229 e. The zero-order valence-electron chi connectivity index (χ0n) is 15.5. The quantitative estimate of drug-likeness (QED) is 0.829. The van der Waals surface area contributed by atoms with Crippen LogP contribution in [0.5, 0.6) is 0 Å². The van der Waals surface area contributed by atoms with Crippen LogP contribution in [-0.4, -0.2) is 18.9 Å². The Hall–Kier alpha value is -2.33. The van der Waals surface area contributed by atoms with Gasteiger partial charge in [-0.1, -0.05) is 41.9 Å². The maximum atomic E-state index is 12.7. The molecule has 5 heteroatoms. The van der Waals surface area contributed by atoms with E-state index in [0.717, 1.165) is 36.9 Å². The highest BCUT2D eigenvalue weighted by Crippen LogP contribution is 2.31. The van der Waals surface area contributed by atoms with E-state index in [1.807, 2.05) is 61.6 Å². The summed E-state index contributed by atoms with van der Waals surface area (Å²) in [6.07, 6.45) is 3.03. The molecule has 1 N–H and O–H groups in total. The number of amides is 2. The van der Waals surface area contributed by atoms with Gasteiger partial charge in [0.05, 0.1) is 0 Å². The van der Waals surface area contributed by atoms with Crippen molar-refractivity contribution in [2.45, 2.75) is 32.2 Å². The SMILES string of the molecule is CN(C(=O)C1CCC(C(=O)NCc2ccc(Cl)cc2)CC1)c1ccccc1. The standard InChI is InChI=1S/C22H25ClN2O2/c1-25(20-5-3-2-4-6-20)22(27)18-11-9-17(10-12-18)21(26)24-15-16-7-13-19(23)14-8-16/h2-8,13-14,17-18H,9-12,15H2,1H3,(H,24,26). The highest BCUT2D eigenvalue weighted by molar-refractivity contribution is 6.30. The fourth-order valence-electron chi connectivity index (χ4n) is 3.59. The summed E-state index contributed by atoms with van der Waals surface area (Å²) in [7, 11) is 1.82. The molecule has 27 heavy (non-hydrogen) atoms. The van der Waals surface area contributed by atoms with Crippen molar-refractivity contribution in [3.8, 4) is 0 Å². The van der Waals surface area contributed by atoms with Crippen molar-refractivity contribution >= 4 is 29.1 Å². The predicted octanol–water partition coefficient (Wildman–Crippen LogP) is 4.43. The van der Waals surface area contributed by atoms with Crippen LogP contribution in [-0.2, 0) is 16.1 Å². The molecule has 0 aliphatic heterocycles. The minimum atomic E-state index is -0.0108. The lowest BCUT2D eigenvalue weighted by Gasteiger charge is -2.30. The van der Waals surface area contributed by atoms with E-state index < -0.39 is 0 Å². The average Bonchev–Trinajstić information content (AvgIpc) is 2.73. The average molecular weight is 385 g/mol. The van der Waals surface area contributed by atoms with E-state index in [-0.39, 0.29) is 23.7 Å². The molecule has 0 heterocycles. The van der Waals surface area contributed by atoms with Crippen LogP contribution in [0.25, 0.3) is 0 Å². The third-order valence-electron chi connectivity index (χ3n) is 5.30. The van der Waals surface area contributed by atoms with Gasteiger partial charge in [-0.3, -0.25) is 9.59 Å². The summed E-state index contributed by atoms with van der Waals surface area (Å²) in [5.74, 6) is 0.201. The van der Waals surface area contributed by atoms with E-state index in [4.69, 9.17) is 11.6 Å². The normalized spacial score (nSPS) is 19.3. The number of nitrogens with zero attached hydrogens (tertiary/aromatic N) is 1. The van der Waals surface area contributed by atoms with Crippen molar-refractivity contribution in [2.75, 3.05) is 11.9 Å². The number of carbonyl (C=O) groups excluding carboxylic acids is 2. The maximum Gasteiger partial charge on any atom is 0.229 e. The first-order valence-corrected chi connectivity index (χ1v) is 9.77. The predicted molar refractivity (Wildman–Crippen MR) is 109 cm³/mol. The van der Waals surface area contributed by atoms with Crippen LogP contribution in [0.2, 0.25) is 5.02 Å². The van der Waals surface area contributed by atoms with Crippen molar-refractivity contribution in [1.29, 1.82) is 0 Å². The molecule has 0 radical (unpaired) electrons. The molecule has 0 aromatic heterocycles. The number of hydrogen-bond acceptors (Lipinski definition) is 2. The number of carbonyl (C=O) groups is 2. The molecule has 0 bridgehead atoms. The van der Waals surface area contributed by atoms with Gasteiger partial charge in [0.1, 0.15) is 0 Å². The van der Waals surface area contributed by atoms with E-state index in [1.165, 1.54) is 0 Å². The van der Waals surface area contributed by atoms with E-state index >= 15 is 0 Å². The Balaban J connectivity index is 1.47. The number of benzene rings is 2. The van der Waals surface area contributed by atoms with Gasteiger partial charge < -0.3 is 10.2 Å². The van der Waals surface area contributed by atoms with Crippen molar-refractivity contribution in [3.63, 3.8) is 0 Å². The van der Waals surface area contributed by atoms with Crippen molar-refractivity contribution in [2.24, 2.45) is 11.8 Å². The monoisotopic (exact) mass is 384 g/mol. The molecule has 0 atom stereocenters. The topological polar surface area (TPSA) is 49.4 Å². The summed E-state index contributed by atoms with van der Waals surface area (Å²) >= 11 is 5.88. The number of anilines is 1. The molecular weight excluding hydrogens is 360 g/mol. The Kier molecular flexibility index (Phi) is 6.51. The van der Waals surface area contributed by atoms with Crippen molar-refractivity contribution in [3.05, 3.63) is 65.2 Å². The highest BCUT2D eigenvalue weighted by atomic mass is 35.5. The summed E-state index contributed by atoms with van der Waals surface area (Å²) in [6, 6.07) is 17.2. The number of hydrogen-bond donors (Lipinski definition) is 1. The summed E-state index contributed by atoms with van der Waals surface area (Å²) in [5, 5.41) is 3.69. The lowest BCUT2D eigenvalue weighted by atomic mass is 9.81. The Labute approximate surface area is 165 Å². The first-order valence-electron chi connectivity index (χ1n) is 9.39. The van der Waals surface area contributed by atoms with Crippen LogP contribution in [0.1, 0.15) is 31.2 Å². The lowest BCUT2D eigenvalue weighted by Crippen LogP contribution is -2.38. The van der Waals surface area contributed by atoms with E-state index in [2.05, 4.69) is 5.32 Å². The first kappa shape index (κ1) is 19.4. The summed E-state index contributed by atoms with van der Waals surface area (Å²) in [5.41, 5.74) is 1.94. The van der Waals surface area contributed by atoms with Crippen LogP contribution in [0.3, 0.4) is 0 Å². The highest BCUT2D eigenvalue weighted by Gasteiger charge is 2.31. The zero-order chi connectivity index (χ0) is 19.2. The zero-order valence-corrected chi connectivity index (χ0v) is 16.3. The second-order valence-electron chi connectivity index (χ2n) is 7.13. The van der Waals surface area contributed by atoms with Crippen molar-refractivity contribution < 1.29 is 9.59 Å². The van der Waals surface area contributed by atoms with Crippen molar-refractivity contribution in [1.82, 2.24) is 5.32 Å². The van der Waals surface area contributed by atoms with E-state index in [1.54, 1.807) is 4.90 Å².